The first-order valence-corrected chi connectivity index (χ1v) is 7.86. The SMILES string of the molecule is CCOC(=O)c1cc(OC)c(OCCN2CCNCC2)cc1N. The van der Waals surface area contributed by atoms with E-state index in [1.165, 1.54) is 7.11 Å². The number of nitrogen functional groups attached to an aromatic ring is 1. The highest BCUT2D eigenvalue weighted by atomic mass is 16.5. The Morgan fingerprint density at radius 1 is 1.30 bits per heavy atom. The number of nitrogens with zero attached hydrogens (tertiary/aromatic N) is 1. The van der Waals surface area contributed by atoms with Crippen molar-refractivity contribution in [2.75, 3.05) is 58.8 Å². The molecule has 0 radical (unpaired) electrons. The molecule has 7 heteroatoms. The van der Waals surface area contributed by atoms with E-state index in [4.69, 9.17) is 19.9 Å². The van der Waals surface area contributed by atoms with Crippen LogP contribution in [-0.2, 0) is 4.74 Å². The second-order valence-electron chi connectivity index (χ2n) is 5.25. The summed E-state index contributed by atoms with van der Waals surface area (Å²) in [5.74, 6) is 0.548. The maximum Gasteiger partial charge on any atom is 0.340 e. The monoisotopic (exact) mass is 323 g/mol. The van der Waals surface area contributed by atoms with Gasteiger partial charge in [-0.15, -0.1) is 0 Å². The van der Waals surface area contributed by atoms with Crippen molar-refractivity contribution in [3.8, 4) is 11.5 Å². The summed E-state index contributed by atoms with van der Waals surface area (Å²) in [6.07, 6.45) is 0. The van der Waals surface area contributed by atoms with E-state index < -0.39 is 5.97 Å². The molecule has 0 aliphatic carbocycles. The predicted octanol–water partition coefficient (Wildman–Crippen LogP) is 0.738. The number of anilines is 1. The largest absolute Gasteiger partial charge is 0.493 e. The summed E-state index contributed by atoms with van der Waals surface area (Å²) in [7, 11) is 1.53. The van der Waals surface area contributed by atoms with Crippen molar-refractivity contribution < 1.29 is 19.0 Å². The topological polar surface area (TPSA) is 86.1 Å². The van der Waals surface area contributed by atoms with E-state index in [-0.39, 0.29) is 5.56 Å². The Morgan fingerprint density at radius 2 is 2.04 bits per heavy atom. The van der Waals surface area contributed by atoms with Crippen molar-refractivity contribution in [2.24, 2.45) is 0 Å². The number of carbonyl (C=O) groups excluding carboxylic acids is 1. The fraction of sp³-hybridized carbons (Fsp3) is 0.562. The van der Waals surface area contributed by atoms with Gasteiger partial charge in [-0.3, -0.25) is 4.90 Å². The van der Waals surface area contributed by atoms with E-state index in [0.717, 1.165) is 32.7 Å². The van der Waals surface area contributed by atoms with Gasteiger partial charge >= 0.3 is 5.97 Å². The molecule has 7 nitrogen and oxygen atoms in total. The Bertz CT molecular complexity index is 530. The molecule has 3 N–H and O–H groups in total. The molecule has 1 aromatic rings. The van der Waals surface area contributed by atoms with E-state index in [9.17, 15) is 4.79 Å². The Kier molecular flexibility index (Phi) is 6.49. The number of benzene rings is 1. The fourth-order valence-corrected chi connectivity index (χ4v) is 2.45. The number of nitrogens with two attached hydrogens (primary N) is 1. The summed E-state index contributed by atoms with van der Waals surface area (Å²) in [5, 5.41) is 3.31. The van der Waals surface area contributed by atoms with Crippen LogP contribution < -0.4 is 20.5 Å². The number of methoxy groups -OCH3 is 1. The Labute approximate surface area is 136 Å². The van der Waals surface area contributed by atoms with Crippen molar-refractivity contribution in [3.05, 3.63) is 17.7 Å². The molecule has 0 saturated carbocycles. The van der Waals surface area contributed by atoms with Crippen LogP contribution in [0.25, 0.3) is 0 Å². The van der Waals surface area contributed by atoms with Crippen LogP contribution in [0.3, 0.4) is 0 Å². The lowest BCUT2D eigenvalue weighted by molar-refractivity contribution is 0.0527. The quantitative estimate of drug-likeness (QED) is 0.565. The van der Waals surface area contributed by atoms with Gasteiger partial charge < -0.3 is 25.3 Å². The van der Waals surface area contributed by atoms with E-state index >= 15 is 0 Å². The van der Waals surface area contributed by atoms with E-state index in [0.29, 0.717) is 30.4 Å². The molecule has 128 valence electrons. The van der Waals surface area contributed by atoms with Crippen molar-refractivity contribution in [1.82, 2.24) is 10.2 Å². The summed E-state index contributed by atoms with van der Waals surface area (Å²) in [6, 6.07) is 3.18. The molecule has 0 atom stereocenters. The van der Waals surface area contributed by atoms with Gasteiger partial charge in [-0.25, -0.2) is 4.79 Å². The van der Waals surface area contributed by atoms with Gasteiger partial charge in [0.2, 0.25) is 0 Å². The molecule has 0 unspecified atom stereocenters. The zero-order valence-electron chi connectivity index (χ0n) is 13.8. The van der Waals surface area contributed by atoms with Crippen molar-refractivity contribution >= 4 is 11.7 Å². The molecule has 2 rings (SSSR count). The molecule has 0 amide bonds. The molecule has 1 saturated heterocycles. The summed E-state index contributed by atoms with van der Waals surface area (Å²) in [5.41, 5.74) is 6.55. The number of nitrogens with one attached hydrogen (secondary N) is 1. The van der Waals surface area contributed by atoms with Gasteiger partial charge in [0.15, 0.2) is 11.5 Å². The maximum atomic E-state index is 11.9. The van der Waals surface area contributed by atoms with Gasteiger partial charge in [0.25, 0.3) is 0 Å². The molecule has 1 heterocycles. The predicted molar refractivity (Wildman–Crippen MR) is 88.2 cm³/mol. The summed E-state index contributed by atoms with van der Waals surface area (Å²) >= 11 is 0. The highest BCUT2D eigenvalue weighted by molar-refractivity contribution is 5.96. The second kappa shape index (κ2) is 8.59. The normalized spacial score (nSPS) is 15.2. The summed E-state index contributed by atoms with van der Waals surface area (Å²) in [4.78, 5) is 14.2. The van der Waals surface area contributed by atoms with Gasteiger partial charge in [0, 0.05) is 44.9 Å². The smallest absolute Gasteiger partial charge is 0.340 e. The first-order valence-electron chi connectivity index (χ1n) is 7.86. The molecule has 1 aliphatic heterocycles. The van der Waals surface area contributed by atoms with E-state index in [1.54, 1.807) is 19.1 Å². The average molecular weight is 323 g/mol. The molecule has 0 spiro atoms. The Hall–Kier alpha value is -1.99. The van der Waals surface area contributed by atoms with E-state index in [2.05, 4.69) is 10.2 Å². The number of hydrogen-bond acceptors (Lipinski definition) is 7. The van der Waals surface area contributed by atoms with Crippen LogP contribution in [0.15, 0.2) is 12.1 Å². The van der Waals surface area contributed by atoms with Crippen LogP contribution in [0.4, 0.5) is 5.69 Å². The van der Waals surface area contributed by atoms with Crippen LogP contribution in [0, 0.1) is 0 Å². The number of rotatable bonds is 7. The fourth-order valence-electron chi connectivity index (χ4n) is 2.45. The zero-order valence-corrected chi connectivity index (χ0v) is 13.8. The van der Waals surface area contributed by atoms with Gasteiger partial charge in [0.05, 0.1) is 25.0 Å². The van der Waals surface area contributed by atoms with E-state index in [1.807, 2.05) is 0 Å². The Morgan fingerprint density at radius 3 is 2.70 bits per heavy atom. The van der Waals surface area contributed by atoms with Crippen LogP contribution in [0.2, 0.25) is 0 Å². The first kappa shape index (κ1) is 17.4. The van der Waals surface area contributed by atoms with Crippen LogP contribution in [0.1, 0.15) is 17.3 Å². The minimum Gasteiger partial charge on any atom is -0.493 e. The van der Waals surface area contributed by atoms with Gasteiger partial charge in [0.1, 0.15) is 6.61 Å². The zero-order chi connectivity index (χ0) is 16.7. The lowest BCUT2D eigenvalue weighted by Crippen LogP contribution is -2.44. The summed E-state index contributed by atoms with van der Waals surface area (Å²) < 4.78 is 16.1. The lowest BCUT2D eigenvalue weighted by atomic mass is 10.1. The Balaban J connectivity index is 2.00. The number of carbonyl (C=O) groups is 1. The van der Waals surface area contributed by atoms with Crippen LogP contribution >= 0.6 is 0 Å². The average Bonchev–Trinajstić information content (AvgIpc) is 2.56. The third kappa shape index (κ3) is 4.74. The molecule has 0 aromatic heterocycles. The van der Waals surface area contributed by atoms with Crippen LogP contribution in [-0.4, -0.2) is 63.9 Å². The number of piperazine rings is 1. The van der Waals surface area contributed by atoms with Gasteiger partial charge in [-0.2, -0.15) is 0 Å². The van der Waals surface area contributed by atoms with Crippen molar-refractivity contribution in [1.29, 1.82) is 0 Å². The van der Waals surface area contributed by atoms with Gasteiger partial charge in [-0.05, 0) is 6.92 Å². The molecule has 1 aliphatic rings. The maximum absolute atomic E-state index is 11.9. The van der Waals surface area contributed by atoms with Gasteiger partial charge in [-0.1, -0.05) is 0 Å². The third-order valence-electron chi connectivity index (χ3n) is 3.71. The number of ether oxygens (including phenoxy) is 3. The molecule has 1 aromatic carbocycles. The minimum atomic E-state index is -0.462. The first-order chi connectivity index (χ1) is 11.2. The van der Waals surface area contributed by atoms with Crippen molar-refractivity contribution in [3.63, 3.8) is 0 Å². The van der Waals surface area contributed by atoms with Crippen molar-refractivity contribution in [2.45, 2.75) is 6.92 Å². The highest BCUT2D eigenvalue weighted by Crippen LogP contribution is 2.32. The molecule has 23 heavy (non-hydrogen) atoms. The molecule has 0 bridgehead atoms. The molecule has 1 fully saturated rings. The van der Waals surface area contributed by atoms with Crippen LogP contribution in [0.5, 0.6) is 11.5 Å². The standard InChI is InChI=1S/C16H25N3O4/c1-3-22-16(20)12-10-14(21-2)15(11-13(12)17)23-9-8-19-6-4-18-5-7-19/h10-11,18H,3-9,17H2,1-2H3. The number of esters is 1. The highest BCUT2D eigenvalue weighted by Gasteiger charge is 2.17. The summed E-state index contributed by atoms with van der Waals surface area (Å²) in [6.45, 7) is 7.46. The minimum absolute atomic E-state index is 0.290. The second-order valence-corrected chi connectivity index (χ2v) is 5.25. The number of hydrogen-bond donors (Lipinski definition) is 2. The molecular formula is C16H25N3O4. The third-order valence-corrected chi connectivity index (χ3v) is 3.71. The molecular weight excluding hydrogens is 298 g/mol. The lowest BCUT2D eigenvalue weighted by Gasteiger charge is -2.27.